The Morgan fingerprint density at radius 2 is 1.79 bits per heavy atom. The van der Waals surface area contributed by atoms with Crippen LogP contribution < -0.4 is 5.73 Å². The highest BCUT2D eigenvalue weighted by Gasteiger charge is 2.14. The molecule has 0 fully saturated rings. The summed E-state index contributed by atoms with van der Waals surface area (Å²) in [4.78, 5) is 12.7. The van der Waals surface area contributed by atoms with Crippen molar-refractivity contribution in [2.24, 2.45) is 0 Å². The molecular formula is C13H9FN4S. The van der Waals surface area contributed by atoms with Crippen molar-refractivity contribution in [1.29, 1.82) is 0 Å². The van der Waals surface area contributed by atoms with Gasteiger partial charge in [-0.15, -0.1) is 0 Å². The number of rotatable bonds is 2. The summed E-state index contributed by atoms with van der Waals surface area (Å²) in [6.07, 6.45) is 4.83. The van der Waals surface area contributed by atoms with Crippen LogP contribution in [0.2, 0.25) is 0 Å². The van der Waals surface area contributed by atoms with Crippen molar-refractivity contribution >= 4 is 28.4 Å². The zero-order chi connectivity index (χ0) is 13.2. The molecule has 0 saturated heterocycles. The molecular weight excluding hydrogens is 263 g/mol. The Bertz CT molecular complexity index is 733. The number of nitrogen functional groups attached to an aromatic ring is 1. The van der Waals surface area contributed by atoms with Gasteiger partial charge in [0.05, 0.1) is 10.4 Å². The molecule has 19 heavy (non-hydrogen) atoms. The van der Waals surface area contributed by atoms with Crippen LogP contribution in [0.3, 0.4) is 0 Å². The standard InChI is InChI=1S/C13H9FN4S/c14-9-7-10(15)8-3-1-4-16-11(8)12(9)19-13-17-5-2-6-18-13/h1-7H,15H2. The van der Waals surface area contributed by atoms with Gasteiger partial charge in [0.2, 0.25) is 0 Å². The Labute approximate surface area is 112 Å². The maximum Gasteiger partial charge on any atom is 0.192 e. The Morgan fingerprint density at radius 3 is 2.58 bits per heavy atom. The zero-order valence-electron chi connectivity index (χ0n) is 9.75. The summed E-state index contributed by atoms with van der Waals surface area (Å²) in [6.45, 7) is 0. The fraction of sp³-hybridized carbons (Fsp3) is 0. The highest BCUT2D eigenvalue weighted by atomic mass is 32.2. The lowest BCUT2D eigenvalue weighted by atomic mass is 10.2. The minimum atomic E-state index is -0.416. The SMILES string of the molecule is Nc1cc(F)c(Sc2ncccn2)c2ncccc12. The number of aromatic nitrogens is 3. The quantitative estimate of drug-likeness (QED) is 0.574. The second kappa shape index (κ2) is 4.81. The molecule has 0 aliphatic heterocycles. The molecule has 0 unspecified atom stereocenters. The van der Waals surface area contributed by atoms with E-state index in [0.717, 1.165) is 17.1 Å². The molecule has 0 amide bonds. The number of hydrogen-bond acceptors (Lipinski definition) is 5. The van der Waals surface area contributed by atoms with Gasteiger partial charge in [-0.1, -0.05) is 0 Å². The third-order valence-electron chi connectivity index (χ3n) is 2.57. The monoisotopic (exact) mass is 272 g/mol. The highest BCUT2D eigenvalue weighted by molar-refractivity contribution is 7.99. The van der Waals surface area contributed by atoms with E-state index in [0.29, 0.717) is 21.3 Å². The van der Waals surface area contributed by atoms with Gasteiger partial charge in [0.1, 0.15) is 5.82 Å². The summed E-state index contributed by atoms with van der Waals surface area (Å²) in [5.74, 6) is -0.416. The first-order chi connectivity index (χ1) is 9.25. The second-order valence-corrected chi connectivity index (χ2v) is 4.79. The van der Waals surface area contributed by atoms with Crippen LogP contribution in [0, 0.1) is 5.82 Å². The van der Waals surface area contributed by atoms with Crippen LogP contribution >= 0.6 is 11.8 Å². The minimum absolute atomic E-state index is 0.374. The Balaban J connectivity index is 2.18. The first kappa shape index (κ1) is 11.9. The van der Waals surface area contributed by atoms with E-state index in [-0.39, 0.29) is 0 Å². The lowest BCUT2D eigenvalue weighted by Gasteiger charge is -2.08. The fourth-order valence-corrected chi connectivity index (χ4v) is 2.56. The first-order valence-corrected chi connectivity index (χ1v) is 6.35. The van der Waals surface area contributed by atoms with Crippen molar-refractivity contribution in [2.75, 3.05) is 5.73 Å². The van der Waals surface area contributed by atoms with Crippen molar-refractivity contribution in [2.45, 2.75) is 10.1 Å². The third kappa shape index (κ3) is 2.22. The zero-order valence-corrected chi connectivity index (χ0v) is 10.6. The molecule has 0 radical (unpaired) electrons. The molecule has 0 aliphatic carbocycles. The summed E-state index contributed by atoms with van der Waals surface area (Å²) < 4.78 is 14.1. The van der Waals surface area contributed by atoms with Gasteiger partial charge in [-0.3, -0.25) is 4.98 Å². The third-order valence-corrected chi connectivity index (χ3v) is 3.55. The van der Waals surface area contributed by atoms with Gasteiger partial charge in [-0.05, 0) is 36.0 Å². The van der Waals surface area contributed by atoms with Crippen molar-refractivity contribution in [3.05, 3.63) is 48.7 Å². The van der Waals surface area contributed by atoms with E-state index in [1.54, 1.807) is 30.7 Å². The maximum absolute atomic E-state index is 14.1. The second-order valence-electron chi connectivity index (χ2n) is 3.81. The molecule has 2 aromatic heterocycles. The van der Waals surface area contributed by atoms with Crippen LogP contribution in [0.15, 0.2) is 52.9 Å². The van der Waals surface area contributed by atoms with Crippen LogP contribution in [0.1, 0.15) is 0 Å². The number of fused-ring (bicyclic) bond motifs is 1. The van der Waals surface area contributed by atoms with Gasteiger partial charge in [-0.25, -0.2) is 14.4 Å². The van der Waals surface area contributed by atoms with E-state index >= 15 is 0 Å². The predicted octanol–water partition coefficient (Wildman–Crippen LogP) is 2.90. The van der Waals surface area contributed by atoms with Crippen molar-refractivity contribution in [3.8, 4) is 0 Å². The molecule has 0 spiro atoms. The number of pyridine rings is 1. The maximum atomic E-state index is 14.1. The molecule has 94 valence electrons. The summed E-state index contributed by atoms with van der Waals surface area (Å²) in [5.41, 5.74) is 6.70. The highest BCUT2D eigenvalue weighted by Crippen LogP contribution is 2.35. The summed E-state index contributed by atoms with van der Waals surface area (Å²) >= 11 is 1.14. The molecule has 0 aliphatic rings. The minimum Gasteiger partial charge on any atom is -0.398 e. The van der Waals surface area contributed by atoms with Gasteiger partial charge in [-0.2, -0.15) is 0 Å². The van der Waals surface area contributed by atoms with E-state index in [4.69, 9.17) is 5.73 Å². The molecule has 0 atom stereocenters. The molecule has 6 heteroatoms. The van der Waals surface area contributed by atoms with E-state index in [1.165, 1.54) is 6.07 Å². The number of anilines is 1. The largest absolute Gasteiger partial charge is 0.398 e. The lowest BCUT2D eigenvalue weighted by Crippen LogP contribution is -1.95. The molecule has 2 N–H and O–H groups in total. The Kier molecular flexibility index (Phi) is 3.00. The average Bonchev–Trinajstić information content (AvgIpc) is 2.45. The molecule has 3 rings (SSSR count). The molecule has 2 heterocycles. The normalized spacial score (nSPS) is 10.8. The van der Waals surface area contributed by atoms with Crippen molar-refractivity contribution < 1.29 is 4.39 Å². The van der Waals surface area contributed by atoms with Crippen LogP contribution in [0.4, 0.5) is 10.1 Å². The van der Waals surface area contributed by atoms with E-state index < -0.39 is 5.82 Å². The summed E-state index contributed by atoms with van der Waals surface area (Å²) in [7, 11) is 0. The molecule has 0 bridgehead atoms. The molecule has 1 aromatic carbocycles. The van der Waals surface area contributed by atoms with Crippen LogP contribution in [-0.2, 0) is 0 Å². The topological polar surface area (TPSA) is 64.7 Å². The predicted molar refractivity (Wildman–Crippen MR) is 72.3 cm³/mol. The molecule has 0 saturated carbocycles. The van der Waals surface area contributed by atoms with Gasteiger partial charge in [0.25, 0.3) is 0 Å². The average molecular weight is 272 g/mol. The van der Waals surface area contributed by atoms with E-state index in [1.807, 2.05) is 6.07 Å². The summed E-state index contributed by atoms with van der Waals surface area (Å²) in [5, 5.41) is 1.19. The number of nitrogens with two attached hydrogens (primary N) is 1. The van der Waals surface area contributed by atoms with Crippen molar-refractivity contribution in [1.82, 2.24) is 15.0 Å². The van der Waals surface area contributed by atoms with Gasteiger partial charge in [0, 0.05) is 29.7 Å². The Hall–Kier alpha value is -2.21. The van der Waals surface area contributed by atoms with Gasteiger partial charge >= 0.3 is 0 Å². The van der Waals surface area contributed by atoms with Crippen LogP contribution in [-0.4, -0.2) is 15.0 Å². The smallest absolute Gasteiger partial charge is 0.192 e. The van der Waals surface area contributed by atoms with Crippen LogP contribution in [0.25, 0.3) is 10.9 Å². The molecule has 3 aromatic rings. The molecule has 4 nitrogen and oxygen atoms in total. The number of benzene rings is 1. The van der Waals surface area contributed by atoms with Crippen molar-refractivity contribution in [3.63, 3.8) is 0 Å². The van der Waals surface area contributed by atoms with Gasteiger partial charge in [0.15, 0.2) is 5.16 Å². The van der Waals surface area contributed by atoms with E-state index in [9.17, 15) is 4.39 Å². The number of halogens is 1. The first-order valence-electron chi connectivity index (χ1n) is 5.53. The summed E-state index contributed by atoms with van der Waals surface area (Å²) in [6, 6.07) is 6.59. The van der Waals surface area contributed by atoms with Gasteiger partial charge < -0.3 is 5.73 Å². The Morgan fingerprint density at radius 1 is 1.05 bits per heavy atom. The lowest BCUT2D eigenvalue weighted by molar-refractivity contribution is 0.605. The van der Waals surface area contributed by atoms with Crippen LogP contribution in [0.5, 0.6) is 0 Å². The number of hydrogen-bond donors (Lipinski definition) is 1. The van der Waals surface area contributed by atoms with E-state index in [2.05, 4.69) is 15.0 Å². The fourth-order valence-electron chi connectivity index (χ4n) is 1.74. The number of nitrogens with zero attached hydrogens (tertiary/aromatic N) is 3.